The van der Waals surface area contributed by atoms with Crippen molar-refractivity contribution in [2.24, 2.45) is 0 Å². The molecule has 2 amide bonds. The van der Waals surface area contributed by atoms with E-state index in [0.717, 1.165) is 12.1 Å². The predicted molar refractivity (Wildman–Crippen MR) is 84.5 cm³/mol. The number of rotatable bonds is 4. The van der Waals surface area contributed by atoms with Crippen LogP contribution >= 0.6 is 0 Å². The van der Waals surface area contributed by atoms with E-state index in [0.29, 0.717) is 5.69 Å². The average molecular weight is 352 g/mol. The Bertz CT molecular complexity index is 773. The van der Waals surface area contributed by atoms with Crippen LogP contribution in [-0.2, 0) is 6.18 Å². The van der Waals surface area contributed by atoms with Gasteiger partial charge in [0.05, 0.1) is 5.56 Å². The van der Waals surface area contributed by atoms with Gasteiger partial charge >= 0.3 is 6.18 Å². The minimum atomic E-state index is -4.54. The van der Waals surface area contributed by atoms with Gasteiger partial charge in [0.25, 0.3) is 11.8 Å². The number of hydrogen-bond donors (Lipinski definition) is 2. The molecular formula is C17H15F3N2O3. The van der Waals surface area contributed by atoms with Gasteiger partial charge in [0.1, 0.15) is 0 Å². The number of alkyl halides is 3. The van der Waals surface area contributed by atoms with Crippen molar-refractivity contribution < 1.29 is 28.0 Å². The molecule has 25 heavy (non-hydrogen) atoms. The zero-order chi connectivity index (χ0) is 18.6. The van der Waals surface area contributed by atoms with Crippen molar-refractivity contribution in [1.29, 1.82) is 0 Å². The molecule has 0 saturated heterocycles. The molecule has 2 aromatic rings. The lowest BCUT2D eigenvalue weighted by atomic mass is 10.1. The molecule has 0 unspecified atom stereocenters. The normalized spacial score (nSPS) is 11.1. The fourth-order valence-corrected chi connectivity index (χ4v) is 2.29. The highest BCUT2D eigenvalue weighted by molar-refractivity contribution is 6.06. The quantitative estimate of drug-likeness (QED) is 0.654. The Morgan fingerprint density at radius 2 is 1.72 bits per heavy atom. The second kappa shape index (κ2) is 7.35. The first-order valence-corrected chi connectivity index (χ1v) is 7.31. The van der Waals surface area contributed by atoms with Crippen LogP contribution in [0.5, 0.6) is 0 Å². The summed E-state index contributed by atoms with van der Waals surface area (Å²) in [6.45, 7) is 1.90. The van der Waals surface area contributed by atoms with Crippen LogP contribution < -0.4 is 10.4 Å². The van der Waals surface area contributed by atoms with E-state index in [4.69, 9.17) is 5.21 Å². The lowest BCUT2D eigenvalue weighted by Crippen LogP contribution is -2.31. The van der Waals surface area contributed by atoms with Gasteiger partial charge in [-0.2, -0.15) is 13.2 Å². The van der Waals surface area contributed by atoms with E-state index in [1.165, 1.54) is 46.8 Å². The van der Waals surface area contributed by atoms with Crippen molar-refractivity contribution in [1.82, 2.24) is 5.48 Å². The molecule has 132 valence electrons. The summed E-state index contributed by atoms with van der Waals surface area (Å²) in [5.74, 6) is -1.30. The molecule has 0 aliphatic rings. The van der Waals surface area contributed by atoms with Crippen LogP contribution in [0.15, 0.2) is 48.5 Å². The molecule has 0 bridgehead atoms. The van der Waals surface area contributed by atoms with Crippen LogP contribution in [0.1, 0.15) is 33.2 Å². The first kappa shape index (κ1) is 18.5. The van der Waals surface area contributed by atoms with Crippen molar-refractivity contribution in [2.75, 3.05) is 11.4 Å². The Morgan fingerprint density at radius 1 is 1.08 bits per heavy atom. The summed E-state index contributed by atoms with van der Waals surface area (Å²) in [5.41, 5.74) is 1.09. The van der Waals surface area contributed by atoms with E-state index in [-0.39, 0.29) is 17.7 Å². The smallest absolute Gasteiger partial charge is 0.309 e. The highest BCUT2D eigenvalue weighted by atomic mass is 19.4. The van der Waals surface area contributed by atoms with Gasteiger partial charge in [-0.05, 0) is 49.4 Å². The van der Waals surface area contributed by atoms with E-state index < -0.39 is 23.6 Å². The van der Waals surface area contributed by atoms with Crippen molar-refractivity contribution in [3.63, 3.8) is 0 Å². The van der Waals surface area contributed by atoms with Crippen molar-refractivity contribution >= 4 is 17.5 Å². The summed E-state index contributed by atoms with van der Waals surface area (Å²) in [6.07, 6.45) is -4.54. The summed E-state index contributed by atoms with van der Waals surface area (Å²) in [4.78, 5) is 25.2. The fraction of sp³-hybridized carbons (Fsp3) is 0.176. The summed E-state index contributed by atoms with van der Waals surface area (Å²) in [6, 6.07) is 9.92. The summed E-state index contributed by atoms with van der Waals surface area (Å²) >= 11 is 0. The molecule has 8 heteroatoms. The third kappa shape index (κ3) is 4.16. The third-order valence-corrected chi connectivity index (χ3v) is 3.54. The maximum Gasteiger partial charge on any atom is 0.416 e. The number of hydroxylamine groups is 1. The number of carbonyl (C=O) groups excluding carboxylic acids is 2. The summed E-state index contributed by atoms with van der Waals surface area (Å²) in [5, 5.41) is 8.59. The second-order valence-corrected chi connectivity index (χ2v) is 5.12. The van der Waals surface area contributed by atoms with E-state index in [2.05, 4.69) is 0 Å². The minimum absolute atomic E-state index is 0.0890. The Balaban J connectivity index is 2.31. The average Bonchev–Trinajstić information content (AvgIpc) is 2.61. The molecule has 0 saturated carbocycles. The van der Waals surface area contributed by atoms with Gasteiger partial charge in [-0.15, -0.1) is 0 Å². The highest BCUT2D eigenvalue weighted by Crippen LogP contribution is 2.30. The van der Waals surface area contributed by atoms with E-state index in [9.17, 15) is 22.8 Å². The van der Waals surface area contributed by atoms with Crippen molar-refractivity contribution in [2.45, 2.75) is 13.1 Å². The van der Waals surface area contributed by atoms with Crippen LogP contribution in [-0.4, -0.2) is 23.6 Å². The van der Waals surface area contributed by atoms with Crippen LogP contribution in [0.4, 0.5) is 18.9 Å². The van der Waals surface area contributed by atoms with Gasteiger partial charge in [0.2, 0.25) is 0 Å². The molecule has 0 fully saturated rings. The molecule has 0 atom stereocenters. The molecule has 0 heterocycles. The molecule has 0 spiro atoms. The largest absolute Gasteiger partial charge is 0.416 e. The molecule has 0 aliphatic carbocycles. The first-order chi connectivity index (χ1) is 11.8. The second-order valence-electron chi connectivity index (χ2n) is 5.12. The number of anilines is 1. The number of nitrogens with one attached hydrogen (secondary N) is 1. The van der Waals surface area contributed by atoms with Gasteiger partial charge in [-0.3, -0.25) is 14.8 Å². The highest BCUT2D eigenvalue weighted by Gasteiger charge is 2.31. The van der Waals surface area contributed by atoms with E-state index in [1.807, 2.05) is 0 Å². The number of amides is 2. The van der Waals surface area contributed by atoms with Gasteiger partial charge in [-0.1, -0.05) is 6.07 Å². The van der Waals surface area contributed by atoms with Gasteiger partial charge in [0.15, 0.2) is 0 Å². The maximum atomic E-state index is 12.8. The Labute approximate surface area is 141 Å². The van der Waals surface area contributed by atoms with Gasteiger partial charge in [-0.25, -0.2) is 5.48 Å². The standard InChI is InChI=1S/C17H15F3N2O3/c1-2-22(14-8-6-11(7-9-14)15(23)21-25)16(24)12-4-3-5-13(10-12)17(18,19)20/h3-10,25H,2H2,1H3,(H,21,23). The first-order valence-electron chi connectivity index (χ1n) is 7.31. The number of hydrogen-bond acceptors (Lipinski definition) is 3. The molecule has 0 aliphatic heterocycles. The Kier molecular flexibility index (Phi) is 5.43. The van der Waals surface area contributed by atoms with Crippen LogP contribution in [0, 0.1) is 0 Å². The lowest BCUT2D eigenvalue weighted by molar-refractivity contribution is -0.137. The topological polar surface area (TPSA) is 69.6 Å². The van der Waals surface area contributed by atoms with Gasteiger partial charge in [0, 0.05) is 23.4 Å². The molecule has 2 rings (SSSR count). The molecule has 2 aromatic carbocycles. The monoisotopic (exact) mass is 352 g/mol. The third-order valence-electron chi connectivity index (χ3n) is 3.54. The zero-order valence-corrected chi connectivity index (χ0v) is 13.2. The SMILES string of the molecule is CCN(C(=O)c1cccc(C(F)(F)F)c1)c1ccc(C(=O)NO)cc1. The molecule has 0 aromatic heterocycles. The fourth-order valence-electron chi connectivity index (χ4n) is 2.29. The number of benzene rings is 2. The Morgan fingerprint density at radius 3 is 2.24 bits per heavy atom. The van der Waals surface area contributed by atoms with Crippen LogP contribution in [0.25, 0.3) is 0 Å². The van der Waals surface area contributed by atoms with Crippen molar-refractivity contribution in [3.8, 4) is 0 Å². The van der Waals surface area contributed by atoms with Crippen LogP contribution in [0.2, 0.25) is 0 Å². The summed E-state index contributed by atoms with van der Waals surface area (Å²) < 4.78 is 38.4. The minimum Gasteiger partial charge on any atom is -0.309 e. The zero-order valence-electron chi connectivity index (χ0n) is 13.2. The van der Waals surface area contributed by atoms with Gasteiger partial charge < -0.3 is 4.90 Å². The maximum absolute atomic E-state index is 12.8. The predicted octanol–water partition coefficient (Wildman–Crippen LogP) is 3.49. The Hall–Kier alpha value is -2.87. The summed E-state index contributed by atoms with van der Waals surface area (Å²) in [7, 11) is 0. The number of carbonyl (C=O) groups is 2. The van der Waals surface area contributed by atoms with E-state index >= 15 is 0 Å². The molecular weight excluding hydrogens is 337 g/mol. The number of nitrogens with zero attached hydrogens (tertiary/aromatic N) is 1. The molecule has 2 N–H and O–H groups in total. The van der Waals surface area contributed by atoms with Crippen LogP contribution in [0.3, 0.4) is 0 Å². The number of halogens is 3. The molecule has 5 nitrogen and oxygen atoms in total. The van der Waals surface area contributed by atoms with Crippen molar-refractivity contribution in [3.05, 3.63) is 65.2 Å². The van der Waals surface area contributed by atoms with E-state index in [1.54, 1.807) is 6.92 Å². The molecule has 0 radical (unpaired) electrons. The lowest BCUT2D eigenvalue weighted by Gasteiger charge is -2.22.